The van der Waals surface area contributed by atoms with E-state index in [0.29, 0.717) is 17.4 Å². The molecule has 4 aliphatic carbocycles. The lowest BCUT2D eigenvalue weighted by atomic mass is 9.44. The van der Waals surface area contributed by atoms with Gasteiger partial charge in [-0.2, -0.15) is 0 Å². The highest BCUT2D eigenvalue weighted by atomic mass is 16.6. The van der Waals surface area contributed by atoms with Crippen molar-refractivity contribution < 1.29 is 19.1 Å². The molecule has 0 N–H and O–H groups in total. The summed E-state index contributed by atoms with van der Waals surface area (Å²) in [5, 5.41) is 0. The van der Waals surface area contributed by atoms with Crippen LogP contribution in [0.2, 0.25) is 0 Å². The Kier molecular flexibility index (Phi) is 3.93. The van der Waals surface area contributed by atoms with Crippen LogP contribution >= 0.6 is 0 Å². The molecule has 0 saturated heterocycles. The Hall–Kier alpha value is -1.58. The molecule has 4 bridgehead atoms. The number of hydrogen-bond donors (Lipinski definition) is 0. The maximum absolute atomic E-state index is 12.1. The van der Waals surface area contributed by atoms with E-state index in [0.717, 1.165) is 32.1 Å². The van der Waals surface area contributed by atoms with E-state index >= 15 is 0 Å². The fourth-order valence-corrected chi connectivity index (χ4v) is 5.68. The monoisotopic (exact) mass is 332 g/mol. The number of rotatable bonds is 5. The standard InChI is InChI=1S/C20H28O4/c1-6-16(21)23-20-10-14-7-15(11-20)9-19(8-14,12-20)18(4,5)24-17(22)13(2)3/h6,14-15H,1-2,7-12H2,3-5H3. The zero-order valence-electron chi connectivity index (χ0n) is 15.0. The van der Waals surface area contributed by atoms with Gasteiger partial charge in [0.1, 0.15) is 11.2 Å². The molecule has 0 aromatic heterocycles. The largest absolute Gasteiger partial charge is 0.456 e. The van der Waals surface area contributed by atoms with Gasteiger partial charge in [-0.3, -0.25) is 0 Å². The molecule has 0 spiro atoms. The number of hydrogen-bond acceptors (Lipinski definition) is 4. The fourth-order valence-electron chi connectivity index (χ4n) is 5.68. The summed E-state index contributed by atoms with van der Waals surface area (Å²) in [4.78, 5) is 24.0. The second-order valence-corrected chi connectivity index (χ2v) is 8.73. The predicted molar refractivity (Wildman–Crippen MR) is 91.1 cm³/mol. The van der Waals surface area contributed by atoms with Crippen LogP contribution in [0, 0.1) is 17.3 Å². The zero-order chi connectivity index (χ0) is 17.8. The van der Waals surface area contributed by atoms with Gasteiger partial charge in [0.05, 0.1) is 0 Å². The van der Waals surface area contributed by atoms with Crippen molar-refractivity contribution in [3.63, 3.8) is 0 Å². The van der Waals surface area contributed by atoms with Crippen molar-refractivity contribution in [1.29, 1.82) is 0 Å². The number of carbonyl (C=O) groups excluding carboxylic acids is 2. The Morgan fingerprint density at radius 2 is 1.75 bits per heavy atom. The molecule has 0 amide bonds. The first-order chi connectivity index (χ1) is 11.1. The van der Waals surface area contributed by atoms with Gasteiger partial charge in [0.15, 0.2) is 0 Å². The SMILES string of the molecule is C=CC(=O)OC12CC3CC(C1)CC(C(C)(C)OC(=O)C(=C)C)(C3)C2. The second kappa shape index (κ2) is 5.47. The Bertz CT molecular complexity index is 587. The van der Waals surface area contributed by atoms with E-state index in [9.17, 15) is 9.59 Å². The molecule has 132 valence electrons. The average Bonchev–Trinajstić information content (AvgIpc) is 2.44. The second-order valence-electron chi connectivity index (χ2n) is 8.73. The lowest BCUT2D eigenvalue weighted by molar-refractivity contribution is -0.238. The van der Waals surface area contributed by atoms with Crippen LogP contribution in [0.25, 0.3) is 0 Å². The Morgan fingerprint density at radius 1 is 1.17 bits per heavy atom. The van der Waals surface area contributed by atoms with Crippen LogP contribution in [0.4, 0.5) is 0 Å². The van der Waals surface area contributed by atoms with Crippen molar-refractivity contribution >= 4 is 11.9 Å². The van der Waals surface area contributed by atoms with Gasteiger partial charge in [-0.25, -0.2) is 9.59 Å². The molecule has 0 aromatic rings. The molecule has 4 fully saturated rings. The predicted octanol–water partition coefficient (Wildman–Crippen LogP) is 3.95. The van der Waals surface area contributed by atoms with Gasteiger partial charge in [-0.15, -0.1) is 0 Å². The molecular formula is C20H28O4. The molecule has 0 aromatic carbocycles. The summed E-state index contributed by atoms with van der Waals surface area (Å²) in [5.41, 5.74) is -0.737. The van der Waals surface area contributed by atoms with Gasteiger partial charge in [-0.05, 0) is 71.1 Å². The van der Waals surface area contributed by atoms with Crippen molar-refractivity contribution in [2.75, 3.05) is 0 Å². The minimum absolute atomic E-state index is 0.135. The van der Waals surface area contributed by atoms with E-state index in [4.69, 9.17) is 9.47 Å². The molecule has 4 heteroatoms. The van der Waals surface area contributed by atoms with Crippen LogP contribution in [0.5, 0.6) is 0 Å². The molecule has 2 unspecified atom stereocenters. The Morgan fingerprint density at radius 3 is 2.25 bits per heavy atom. The van der Waals surface area contributed by atoms with Gasteiger partial charge in [-0.1, -0.05) is 13.2 Å². The maximum Gasteiger partial charge on any atom is 0.333 e. The first kappa shape index (κ1) is 17.2. The third kappa shape index (κ3) is 2.70. The van der Waals surface area contributed by atoms with Crippen LogP contribution in [0.15, 0.2) is 24.8 Å². The van der Waals surface area contributed by atoms with E-state index in [1.54, 1.807) is 6.92 Å². The average molecular weight is 332 g/mol. The molecule has 4 saturated carbocycles. The Labute approximate surface area is 144 Å². The van der Waals surface area contributed by atoms with Crippen LogP contribution in [-0.2, 0) is 19.1 Å². The molecule has 4 rings (SSSR count). The summed E-state index contributed by atoms with van der Waals surface area (Å²) >= 11 is 0. The summed E-state index contributed by atoms with van der Waals surface area (Å²) in [5.74, 6) is 0.384. The van der Waals surface area contributed by atoms with Crippen molar-refractivity contribution in [3.8, 4) is 0 Å². The lowest BCUT2D eigenvalue weighted by Crippen LogP contribution is -2.64. The topological polar surface area (TPSA) is 52.6 Å². The van der Waals surface area contributed by atoms with E-state index in [1.807, 2.05) is 13.8 Å². The van der Waals surface area contributed by atoms with E-state index in [1.165, 1.54) is 12.5 Å². The van der Waals surface area contributed by atoms with Gasteiger partial charge in [0, 0.05) is 17.1 Å². The van der Waals surface area contributed by atoms with Gasteiger partial charge in [0.2, 0.25) is 0 Å². The molecular weight excluding hydrogens is 304 g/mol. The number of esters is 2. The highest BCUT2D eigenvalue weighted by Crippen LogP contribution is 2.66. The number of carbonyl (C=O) groups is 2. The first-order valence-electron chi connectivity index (χ1n) is 8.85. The highest BCUT2D eigenvalue weighted by molar-refractivity contribution is 5.87. The number of ether oxygens (including phenoxy) is 2. The lowest BCUT2D eigenvalue weighted by Gasteiger charge is -2.64. The summed E-state index contributed by atoms with van der Waals surface area (Å²) in [6.07, 6.45) is 7.13. The summed E-state index contributed by atoms with van der Waals surface area (Å²) in [6, 6.07) is 0. The molecule has 2 atom stereocenters. The molecule has 0 heterocycles. The van der Waals surface area contributed by atoms with E-state index in [-0.39, 0.29) is 17.4 Å². The van der Waals surface area contributed by atoms with Crippen LogP contribution < -0.4 is 0 Å². The summed E-state index contributed by atoms with van der Waals surface area (Å²) < 4.78 is 11.7. The van der Waals surface area contributed by atoms with Crippen molar-refractivity contribution in [2.45, 2.75) is 70.5 Å². The minimum atomic E-state index is -0.605. The fraction of sp³-hybridized carbons (Fsp3) is 0.700. The first-order valence-corrected chi connectivity index (χ1v) is 8.85. The van der Waals surface area contributed by atoms with E-state index < -0.39 is 11.2 Å². The van der Waals surface area contributed by atoms with Crippen molar-refractivity contribution in [3.05, 3.63) is 24.8 Å². The third-order valence-electron chi connectivity index (χ3n) is 6.46. The van der Waals surface area contributed by atoms with Gasteiger partial charge >= 0.3 is 11.9 Å². The maximum atomic E-state index is 12.1. The zero-order valence-corrected chi connectivity index (χ0v) is 15.0. The van der Waals surface area contributed by atoms with Crippen LogP contribution in [-0.4, -0.2) is 23.1 Å². The smallest absolute Gasteiger partial charge is 0.333 e. The molecule has 4 aliphatic rings. The molecule has 0 aliphatic heterocycles. The van der Waals surface area contributed by atoms with Gasteiger partial charge in [0.25, 0.3) is 0 Å². The third-order valence-corrected chi connectivity index (χ3v) is 6.46. The van der Waals surface area contributed by atoms with Crippen molar-refractivity contribution in [1.82, 2.24) is 0 Å². The molecule has 24 heavy (non-hydrogen) atoms. The summed E-state index contributed by atoms with van der Waals surface area (Å²) in [6.45, 7) is 12.9. The van der Waals surface area contributed by atoms with Crippen LogP contribution in [0.3, 0.4) is 0 Å². The minimum Gasteiger partial charge on any atom is -0.456 e. The molecule has 0 radical (unpaired) electrons. The normalized spacial score (nSPS) is 37.0. The van der Waals surface area contributed by atoms with E-state index in [2.05, 4.69) is 13.2 Å². The summed E-state index contributed by atoms with van der Waals surface area (Å²) in [7, 11) is 0. The van der Waals surface area contributed by atoms with Gasteiger partial charge < -0.3 is 9.47 Å². The van der Waals surface area contributed by atoms with Crippen LogP contribution in [0.1, 0.15) is 59.3 Å². The quantitative estimate of drug-likeness (QED) is 0.565. The Balaban J connectivity index is 1.90. The van der Waals surface area contributed by atoms with Crippen molar-refractivity contribution in [2.24, 2.45) is 17.3 Å². The molecule has 4 nitrogen and oxygen atoms in total. The highest BCUT2D eigenvalue weighted by Gasteiger charge is 2.65.